The Morgan fingerprint density at radius 1 is 1.09 bits per heavy atom. The van der Waals surface area contributed by atoms with Crippen molar-refractivity contribution in [2.75, 3.05) is 12.3 Å². The van der Waals surface area contributed by atoms with Crippen molar-refractivity contribution in [3.63, 3.8) is 0 Å². The molecule has 2 aliphatic heterocycles. The minimum Gasteiger partial charge on any atom is -0.343 e. The van der Waals surface area contributed by atoms with E-state index in [2.05, 4.69) is 10.6 Å². The molecule has 0 radical (unpaired) electrons. The molecule has 1 atom stereocenters. The van der Waals surface area contributed by atoms with Gasteiger partial charge in [0.15, 0.2) is 9.84 Å². The SMILES string of the molecule is CCCS(=O)(=O)c1ccc([C@@H](NC(=O)c2c(C)cccc2C)C23CCC(CC2)CN3)cc1. The number of sulfone groups is 1. The summed E-state index contributed by atoms with van der Waals surface area (Å²) in [5.41, 5.74) is 3.39. The molecule has 1 saturated carbocycles. The van der Waals surface area contributed by atoms with Gasteiger partial charge in [0.25, 0.3) is 5.91 Å². The third-order valence-electron chi connectivity index (χ3n) is 7.32. The van der Waals surface area contributed by atoms with Gasteiger partial charge in [-0.25, -0.2) is 8.42 Å². The van der Waals surface area contributed by atoms with E-state index in [1.54, 1.807) is 12.1 Å². The van der Waals surface area contributed by atoms with Crippen LogP contribution in [0.2, 0.25) is 0 Å². The van der Waals surface area contributed by atoms with E-state index in [1.165, 1.54) is 0 Å². The van der Waals surface area contributed by atoms with Gasteiger partial charge in [0.1, 0.15) is 0 Å². The van der Waals surface area contributed by atoms with Crippen LogP contribution < -0.4 is 10.6 Å². The van der Waals surface area contributed by atoms with E-state index < -0.39 is 9.84 Å². The van der Waals surface area contributed by atoms with Crippen LogP contribution in [0, 0.1) is 19.8 Å². The number of aryl methyl sites for hydroxylation is 2. The van der Waals surface area contributed by atoms with Crippen LogP contribution >= 0.6 is 0 Å². The molecule has 1 aliphatic carbocycles. The normalized spacial score (nSPS) is 23.7. The van der Waals surface area contributed by atoms with Crippen molar-refractivity contribution in [3.8, 4) is 0 Å². The molecule has 32 heavy (non-hydrogen) atoms. The summed E-state index contributed by atoms with van der Waals surface area (Å²) < 4.78 is 25.0. The van der Waals surface area contributed by atoms with Crippen LogP contribution in [-0.4, -0.2) is 32.2 Å². The van der Waals surface area contributed by atoms with Gasteiger partial charge in [-0.1, -0.05) is 37.3 Å². The van der Waals surface area contributed by atoms with Gasteiger partial charge >= 0.3 is 0 Å². The fourth-order valence-electron chi connectivity index (χ4n) is 5.48. The van der Waals surface area contributed by atoms with Crippen LogP contribution in [0.15, 0.2) is 47.4 Å². The first-order valence-corrected chi connectivity index (χ1v) is 13.4. The monoisotopic (exact) mass is 454 g/mol. The van der Waals surface area contributed by atoms with E-state index in [4.69, 9.17) is 0 Å². The van der Waals surface area contributed by atoms with Gasteiger partial charge in [0, 0.05) is 11.1 Å². The highest BCUT2D eigenvalue weighted by Gasteiger charge is 2.47. The van der Waals surface area contributed by atoms with Crippen LogP contribution in [0.3, 0.4) is 0 Å². The topological polar surface area (TPSA) is 75.3 Å². The zero-order valence-electron chi connectivity index (χ0n) is 19.3. The lowest BCUT2D eigenvalue weighted by atomic mass is 9.67. The van der Waals surface area contributed by atoms with Crippen LogP contribution in [0.4, 0.5) is 0 Å². The lowest BCUT2D eigenvalue weighted by molar-refractivity contribution is 0.0675. The number of hydrogen-bond acceptors (Lipinski definition) is 4. The Bertz CT molecular complexity index is 1050. The first kappa shape index (κ1) is 23.0. The molecule has 0 spiro atoms. The fourth-order valence-corrected chi connectivity index (χ4v) is 6.81. The highest BCUT2D eigenvalue weighted by atomic mass is 32.2. The Morgan fingerprint density at radius 2 is 1.72 bits per heavy atom. The first-order valence-electron chi connectivity index (χ1n) is 11.7. The average Bonchev–Trinajstić information content (AvgIpc) is 2.78. The van der Waals surface area contributed by atoms with Crippen molar-refractivity contribution in [2.24, 2.45) is 5.92 Å². The Kier molecular flexibility index (Phi) is 6.46. The van der Waals surface area contributed by atoms with Crippen molar-refractivity contribution in [1.82, 2.24) is 10.6 Å². The number of rotatable bonds is 7. The Hall–Kier alpha value is -2.18. The zero-order valence-corrected chi connectivity index (χ0v) is 20.1. The van der Waals surface area contributed by atoms with Gasteiger partial charge in [-0.05, 0) is 87.2 Å². The van der Waals surface area contributed by atoms with Crippen LogP contribution in [0.25, 0.3) is 0 Å². The van der Waals surface area contributed by atoms with Crippen LogP contribution in [0.5, 0.6) is 0 Å². The molecule has 2 heterocycles. The molecular formula is C26H34N2O3S. The molecule has 0 unspecified atom stereocenters. The minimum absolute atomic E-state index is 0.0721. The van der Waals surface area contributed by atoms with E-state index >= 15 is 0 Å². The number of benzene rings is 2. The molecule has 3 aliphatic rings. The highest BCUT2D eigenvalue weighted by molar-refractivity contribution is 7.91. The maximum atomic E-state index is 13.5. The maximum Gasteiger partial charge on any atom is 0.252 e. The number of carbonyl (C=O) groups is 1. The summed E-state index contributed by atoms with van der Waals surface area (Å²) in [6, 6.07) is 12.8. The second-order valence-electron chi connectivity index (χ2n) is 9.54. The number of fused-ring (bicyclic) bond motifs is 3. The second kappa shape index (κ2) is 8.99. The summed E-state index contributed by atoms with van der Waals surface area (Å²) in [6.45, 7) is 6.77. The lowest BCUT2D eigenvalue weighted by Crippen LogP contribution is -2.62. The standard InChI is InChI=1S/C26H34N2O3S/c1-4-16-32(30,31)22-10-8-21(9-11-22)24(26-14-12-20(13-15-26)17-27-26)28-25(29)23-18(2)6-5-7-19(23)3/h5-11,20,24,27H,4,12-17H2,1-3H3,(H,28,29)/t20?,24-,26?/m1/s1. The highest BCUT2D eigenvalue weighted by Crippen LogP contribution is 2.44. The third-order valence-corrected chi connectivity index (χ3v) is 9.26. The Labute approximate surface area is 191 Å². The maximum absolute atomic E-state index is 13.5. The molecule has 5 nitrogen and oxygen atoms in total. The largest absolute Gasteiger partial charge is 0.343 e. The molecule has 6 heteroatoms. The predicted octanol–water partition coefficient (Wildman–Crippen LogP) is 4.49. The zero-order chi connectivity index (χ0) is 22.9. The molecule has 5 rings (SSSR count). The van der Waals surface area contributed by atoms with E-state index in [-0.39, 0.29) is 23.2 Å². The Balaban J connectivity index is 1.70. The molecule has 3 fully saturated rings. The van der Waals surface area contributed by atoms with E-state index in [9.17, 15) is 13.2 Å². The molecule has 2 N–H and O–H groups in total. The molecule has 2 aromatic rings. The number of amides is 1. The van der Waals surface area contributed by atoms with Crippen molar-refractivity contribution in [2.45, 2.75) is 69.4 Å². The van der Waals surface area contributed by atoms with Gasteiger partial charge in [-0.3, -0.25) is 4.79 Å². The number of carbonyl (C=O) groups excluding carboxylic acids is 1. The third kappa shape index (κ3) is 4.35. The number of hydrogen-bond donors (Lipinski definition) is 2. The fraction of sp³-hybridized carbons (Fsp3) is 0.500. The molecular weight excluding hydrogens is 420 g/mol. The molecule has 2 saturated heterocycles. The minimum atomic E-state index is -3.27. The van der Waals surface area contributed by atoms with Crippen molar-refractivity contribution in [3.05, 3.63) is 64.7 Å². The van der Waals surface area contributed by atoms with Crippen molar-refractivity contribution >= 4 is 15.7 Å². The summed E-state index contributed by atoms with van der Waals surface area (Å²) in [5.74, 6) is 0.789. The summed E-state index contributed by atoms with van der Waals surface area (Å²) in [5, 5.41) is 7.10. The molecule has 1 amide bonds. The summed E-state index contributed by atoms with van der Waals surface area (Å²) in [6.07, 6.45) is 4.92. The summed E-state index contributed by atoms with van der Waals surface area (Å²) in [4.78, 5) is 13.8. The van der Waals surface area contributed by atoms with E-state index in [0.29, 0.717) is 17.2 Å². The van der Waals surface area contributed by atoms with E-state index in [1.807, 2.05) is 51.1 Å². The first-order chi connectivity index (χ1) is 15.3. The van der Waals surface area contributed by atoms with E-state index in [0.717, 1.165) is 54.5 Å². The molecule has 172 valence electrons. The lowest BCUT2D eigenvalue weighted by Gasteiger charge is -2.52. The van der Waals surface area contributed by atoms with Gasteiger partial charge in [0.2, 0.25) is 0 Å². The quantitative estimate of drug-likeness (QED) is 0.646. The van der Waals surface area contributed by atoms with Gasteiger partial charge < -0.3 is 10.6 Å². The van der Waals surface area contributed by atoms with Crippen molar-refractivity contribution in [1.29, 1.82) is 0 Å². The van der Waals surface area contributed by atoms with Gasteiger partial charge in [0.05, 0.1) is 16.7 Å². The average molecular weight is 455 g/mol. The molecule has 0 aromatic heterocycles. The molecule has 2 aromatic carbocycles. The number of piperidine rings is 2. The van der Waals surface area contributed by atoms with Crippen molar-refractivity contribution < 1.29 is 13.2 Å². The second-order valence-corrected chi connectivity index (χ2v) is 11.7. The Morgan fingerprint density at radius 3 is 2.25 bits per heavy atom. The summed E-state index contributed by atoms with van der Waals surface area (Å²) in [7, 11) is -3.27. The molecule has 2 bridgehead atoms. The van der Waals surface area contributed by atoms with Crippen LogP contribution in [-0.2, 0) is 9.84 Å². The summed E-state index contributed by atoms with van der Waals surface area (Å²) >= 11 is 0. The van der Waals surface area contributed by atoms with Gasteiger partial charge in [-0.2, -0.15) is 0 Å². The predicted molar refractivity (Wildman–Crippen MR) is 128 cm³/mol. The van der Waals surface area contributed by atoms with Gasteiger partial charge in [-0.15, -0.1) is 0 Å². The number of nitrogens with one attached hydrogen (secondary N) is 2. The van der Waals surface area contributed by atoms with Crippen LogP contribution in [0.1, 0.15) is 72.1 Å². The smallest absolute Gasteiger partial charge is 0.252 e.